The predicted molar refractivity (Wildman–Crippen MR) is 70.2 cm³/mol. The van der Waals surface area contributed by atoms with Gasteiger partial charge in [0, 0.05) is 26.2 Å². The Kier molecular flexibility index (Phi) is 4.87. The number of nitrogens with one attached hydrogen (secondary N) is 1. The Balaban J connectivity index is 2.13. The fraction of sp³-hybridized carbons (Fsp3) is 0.500. The molecule has 1 N–H and O–H groups in total. The van der Waals surface area contributed by atoms with E-state index in [4.69, 9.17) is 4.74 Å². The second-order valence-corrected chi connectivity index (χ2v) is 4.50. The number of rotatable bonds is 4. The van der Waals surface area contributed by atoms with Crippen molar-refractivity contribution in [1.82, 2.24) is 10.2 Å². The summed E-state index contributed by atoms with van der Waals surface area (Å²) in [5.41, 5.74) is 0.817. The number of nitrogens with zero attached hydrogens (tertiary/aromatic N) is 1. The van der Waals surface area contributed by atoms with Crippen LogP contribution in [-0.2, 0) is 9.53 Å². The van der Waals surface area contributed by atoms with Crippen molar-refractivity contribution in [3.05, 3.63) is 35.6 Å². The zero-order valence-corrected chi connectivity index (χ0v) is 11.1. The maximum Gasteiger partial charge on any atom is 0.249 e. The smallest absolute Gasteiger partial charge is 0.249 e. The second kappa shape index (κ2) is 6.63. The first-order valence-corrected chi connectivity index (χ1v) is 6.55. The Hall–Kier alpha value is -1.46. The van der Waals surface area contributed by atoms with Gasteiger partial charge in [-0.3, -0.25) is 4.79 Å². The van der Waals surface area contributed by atoms with Crippen molar-refractivity contribution in [1.29, 1.82) is 0 Å². The largest absolute Gasteiger partial charge is 0.372 e. The van der Waals surface area contributed by atoms with Crippen molar-refractivity contribution in [3.63, 3.8) is 0 Å². The molecular formula is C14H19FN2O2. The molecule has 1 aliphatic heterocycles. The van der Waals surface area contributed by atoms with E-state index in [1.807, 2.05) is 13.0 Å². The van der Waals surface area contributed by atoms with Gasteiger partial charge in [-0.1, -0.05) is 12.1 Å². The molecule has 104 valence electrons. The first-order valence-electron chi connectivity index (χ1n) is 6.55. The lowest BCUT2D eigenvalue weighted by molar-refractivity contribution is -0.139. The van der Waals surface area contributed by atoms with E-state index in [2.05, 4.69) is 5.32 Å². The minimum Gasteiger partial charge on any atom is -0.372 e. The van der Waals surface area contributed by atoms with E-state index >= 15 is 0 Å². The molecule has 1 fully saturated rings. The predicted octanol–water partition coefficient (Wildman–Crippen LogP) is 1.34. The van der Waals surface area contributed by atoms with E-state index in [0.717, 1.165) is 12.1 Å². The third-order valence-electron chi connectivity index (χ3n) is 3.23. The standard InChI is InChI=1S/C14H19FN2O2/c1-2-19-10-14(18)17-7-6-16-9-13(17)11-4-3-5-12(15)8-11/h3-5,8,13,16H,2,6-7,9-10H2,1H3. The molecule has 1 aromatic rings. The number of halogens is 1. The number of hydrogen-bond acceptors (Lipinski definition) is 3. The van der Waals surface area contributed by atoms with Crippen molar-refractivity contribution in [2.24, 2.45) is 0 Å². The Morgan fingerprint density at radius 2 is 2.42 bits per heavy atom. The van der Waals surface area contributed by atoms with Crippen LogP contribution in [0.15, 0.2) is 24.3 Å². The van der Waals surface area contributed by atoms with Crippen LogP contribution >= 0.6 is 0 Å². The zero-order chi connectivity index (χ0) is 13.7. The SMILES string of the molecule is CCOCC(=O)N1CCNCC1c1cccc(F)c1. The van der Waals surface area contributed by atoms with Crippen LogP contribution in [0, 0.1) is 5.82 Å². The molecule has 19 heavy (non-hydrogen) atoms. The molecule has 1 saturated heterocycles. The summed E-state index contributed by atoms with van der Waals surface area (Å²) in [4.78, 5) is 13.9. The van der Waals surface area contributed by atoms with Crippen molar-refractivity contribution < 1.29 is 13.9 Å². The van der Waals surface area contributed by atoms with Crippen LogP contribution in [0.25, 0.3) is 0 Å². The quantitative estimate of drug-likeness (QED) is 0.894. The summed E-state index contributed by atoms with van der Waals surface area (Å²) < 4.78 is 18.5. The number of ether oxygens (including phenoxy) is 1. The summed E-state index contributed by atoms with van der Waals surface area (Å²) in [7, 11) is 0. The van der Waals surface area contributed by atoms with Gasteiger partial charge in [-0.05, 0) is 24.6 Å². The minimum absolute atomic E-state index is 0.0439. The first-order chi connectivity index (χ1) is 9.22. The number of piperazine rings is 1. The fourth-order valence-corrected chi connectivity index (χ4v) is 2.29. The molecule has 1 aliphatic rings. The topological polar surface area (TPSA) is 41.6 Å². The van der Waals surface area contributed by atoms with Gasteiger partial charge in [-0.15, -0.1) is 0 Å². The molecule has 4 nitrogen and oxygen atoms in total. The molecule has 1 unspecified atom stereocenters. The van der Waals surface area contributed by atoms with Gasteiger partial charge in [-0.25, -0.2) is 4.39 Å². The zero-order valence-electron chi connectivity index (χ0n) is 11.1. The maximum atomic E-state index is 13.3. The van der Waals surface area contributed by atoms with Gasteiger partial charge < -0.3 is 15.0 Å². The summed E-state index contributed by atoms with van der Waals surface area (Å²) >= 11 is 0. The Bertz CT molecular complexity index is 439. The molecular weight excluding hydrogens is 247 g/mol. The molecule has 1 atom stereocenters. The van der Waals surface area contributed by atoms with Crippen molar-refractivity contribution in [2.75, 3.05) is 32.8 Å². The summed E-state index contributed by atoms with van der Waals surface area (Å²) in [6, 6.07) is 6.29. The summed E-state index contributed by atoms with van der Waals surface area (Å²) in [5.74, 6) is -0.321. The Morgan fingerprint density at radius 1 is 1.58 bits per heavy atom. The van der Waals surface area contributed by atoms with E-state index in [1.54, 1.807) is 11.0 Å². The van der Waals surface area contributed by atoms with E-state index < -0.39 is 0 Å². The lowest BCUT2D eigenvalue weighted by Crippen LogP contribution is -2.49. The van der Waals surface area contributed by atoms with Crippen LogP contribution in [0.5, 0.6) is 0 Å². The highest BCUT2D eigenvalue weighted by atomic mass is 19.1. The van der Waals surface area contributed by atoms with Gasteiger partial charge >= 0.3 is 0 Å². The lowest BCUT2D eigenvalue weighted by atomic mass is 10.0. The van der Waals surface area contributed by atoms with E-state index in [-0.39, 0.29) is 24.4 Å². The monoisotopic (exact) mass is 266 g/mol. The molecule has 0 spiro atoms. The van der Waals surface area contributed by atoms with Crippen molar-refractivity contribution >= 4 is 5.91 Å². The van der Waals surface area contributed by atoms with Crippen LogP contribution in [0.3, 0.4) is 0 Å². The third kappa shape index (κ3) is 3.52. The third-order valence-corrected chi connectivity index (χ3v) is 3.23. The molecule has 2 rings (SSSR count). The van der Waals surface area contributed by atoms with Crippen LogP contribution in [0.4, 0.5) is 4.39 Å². The number of hydrogen-bond donors (Lipinski definition) is 1. The molecule has 5 heteroatoms. The number of amides is 1. The molecule has 1 heterocycles. The van der Waals surface area contributed by atoms with Gasteiger partial charge in [-0.2, -0.15) is 0 Å². The highest BCUT2D eigenvalue weighted by Gasteiger charge is 2.27. The van der Waals surface area contributed by atoms with Crippen molar-refractivity contribution in [2.45, 2.75) is 13.0 Å². The lowest BCUT2D eigenvalue weighted by Gasteiger charge is -2.36. The van der Waals surface area contributed by atoms with Crippen LogP contribution < -0.4 is 5.32 Å². The van der Waals surface area contributed by atoms with E-state index in [0.29, 0.717) is 19.7 Å². The van der Waals surface area contributed by atoms with Crippen LogP contribution in [0.1, 0.15) is 18.5 Å². The highest BCUT2D eigenvalue weighted by Crippen LogP contribution is 2.22. The number of carbonyl (C=O) groups excluding carboxylic acids is 1. The molecule has 0 bridgehead atoms. The summed E-state index contributed by atoms with van der Waals surface area (Å²) in [5, 5.41) is 3.24. The second-order valence-electron chi connectivity index (χ2n) is 4.50. The Morgan fingerprint density at radius 3 is 3.16 bits per heavy atom. The molecule has 0 saturated carbocycles. The summed E-state index contributed by atoms with van der Waals surface area (Å²) in [6.07, 6.45) is 0. The summed E-state index contributed by atoms with van der Waals surface area (Å²) in [6.45, 7) is 4.47. The number of benzene rings is 1. The molecule has 0 aromatic heterocycles. The molecule has 1 amide bonds. The van der Waals surface area contributed by atoms with Crippen LogP contribution in [-0.4, -0.2) is 43.7 Å². The fourth-order valence-electron chi connectivity index (χ4n) is 2.29. The Labute approximate surface area is 112 Å². The average Bonchev–Trinajstić information content (AvgIpc) is 2.45. The minimum atomic E-state index is -0.278. The van der Waals surface area contributed by atoms with Gasteiger partial charge in [0.15, 0.2) is 0 Å². The number of carbonyl (C=O) groups is 1. The van der Waals surface area contributed by atoms with Gasteiger partial charge in [0.25, 0.3) is 0 Å². The first kappa shape index (κ1) is 14.0. The van der Waals surface area contributed by atoms with Gasteiger partial charge in [0.05, 0.1) is 6.04 Å². The van der Waals surface area contributed by atoms with E-state index in [1.165, 1.54) is 12.1 Å². The average molecular weight is 266 g/mol. The highest BCUT2D eigenvalue weighted by molar-refractivity contribution is 5.78. The van der Waals surface area contributed by atoms with Gasteiger partial charge in [0.1, 0.15) is 12.4 Å². The van der Waals surface area contributed by atoms with Crippen LogP contribution in [0.2, 0.25) is 0 Å². The normalized spacial score (nSPS) is 19.5. The molecule has 0 radical (unpaired) electrons. The molecule has 0 aliphatic carbocycles. The maximum absolute atomic E-state index is 13.3. The van der Waals surface area contributed by atoms with Crippen molar-refractivity contribution in [3.8, 4) is 0 Å². The van der Waals surface area contributed by atoms with Gasteiger partial charge in [0.2, 0.25) is 5.91 Å². The van der Waals surface area contributed by atoms with E-state index in [9.17, 15) is 9.18 Å². The molecule has 1 aromatic carbocycles.